The van der Waals surface area contributed by atoms with E-state index in [4.69, 9.17) is 28.8 Å². The number of carboxylic acid groups (broad SMARTS) is 1. The Morgan fingerprint density at radius 3 is 2.07 bits per heavy atom. The zero-order valence-electron chi connectivity index (χ0n) is 17.1. The lowest BCUT2D eigenvalue weighted by atomic mass is 10.2. The molecule has 0 unspecified atom stereocenters. The molecular formula is C19H30N2O8. The third kappa shape index (κ3) is 13.4. The van der Waals surface area contributed by atoms with Crippen LogP contribution >= 0.6 is 0 Å². The van der Waals surface area contributed by atoms with E-state index in [9.17, 15) is 9.59 Å². The molecule has 10 nitrogen and oxygen atoms in total. The standard InChI is InChI=1S/C19H30N2O8/c1-19(2,3)29-18(24)20-6-7-25-8-9-26-10-11-27-12-13-28-15-4-5-16(17(22)23)21-14-15/h4-5,14H,6-13H2,1-3H3,(H,20,24)(H,22,23). The second-order valence-electron chi connectivity index (χ2n) is 6.80. The maximum atomic E-state index is 11.4. The Hall–Kier alpha value is -2.43. The maximum absolute atomic E-state index is 11.4. The van der Waals surface area contributed by atoms with Crippen molar-refractivity contribution in [2.45, 2.75) is 26.4 Å². The molecule has 0 fully saturated rings. The van der Waals surface area contributed by atoms with Gasteiger partial charge in [0.25, 0.3) is 0 Å². The van der Waals surface area contributed by atoms with Gasteiger partial charge in [-0.1, -0.05) is 0 Å². The average molecular weight is 414 g/mol. The van der Waals surface area contributed by atoms with Crippen molar-refractivity contribution in [3.05, 3.63) is 24.0 Å². The highest BCUT2D eigenvalue weighted by atomic mass is 16.6. The van der Waals surface area contributed by atoms with Gasteiger partial charge in [-0.15, -0.1) is 0 Å². The molecular weight excluding hydrogens is 384 g/mol. The molecule has 1 heterocycles. The zero-order valence-corrected chi connectivity index (χ0v) is 17.1. The minimum Gasteiger partial charge on any atom is -0.490 e. The number of carbonyl (C=O) groups is 2. The molecule has 1 aromatic heterocycles. The van der Waals surface area contributed by atoms with Crippen molar-refractivity contribution in [3.8, 4) is 5.75 Å². The number of nitrogens with one attached hydrogen (secondary N) is 1. The average Bonchev–Trinajstić information content (AvgIpc) is 2.64. The second-order valence-corrected chi connectivity index (χ2v) is 6.80. The first kappa shape index (κ1) is 24.6. The summed E-state index contributed by atoms with van der Waals surface area (Å²) in [6.07, 6.45) is 0.891. The quantitative estimate of drug-likeness (QED) is 0.438. The van der Waals surface area contributed by atoms with Gasteiger partial charge in [0.1, 0.15) is 23.7 Å². The van der Waals surface area contributed by atoms with Crippen LogP contribution < -0.4 is 10.1 Å². The van der Waals surface area contributed by atoms with Crippen LogP contribution in [0.1, 0.15) is 31.3 Å². The highest BCUT2D eigenvalue weighted by Crippen LogP contribution is 2.09. The molecule has 1 aromatic rings. The Kier molecular flexibility index (Phi) is 11.6. The van der Waals surface area contributed by atoms with E-state index in [0.717, 1.165) is 0 Å². The summed E-state index contributed by atoms with van der Waals surface area (Å²) in [6, 6.07) is 2.92. The summed E-state index contributed by atoms with van der Waals surface area (Å²) < 4.78 is 26.5. The fourth-order valence-corrected chi connectivity index (χ4v) is 1.89. The molecule has 10 heteroatoms. The maximum Gasteiger partial charge on any atom is 0.407 e. The van der Waals surface area contributed by atoms with E-state index in [1.54, 1.807) is 26.8 Å². The Labute approximate surface area is 170 Å². The van der Waals surface area contributed by atoms with E-state index in [-0.39, 0.29) is 5.69 Å². The Bertz CT molecular complexity index is 601. The minimum absolute atomic E-state index is 0.0333. The molecule has 0 atom stereocenters. The topological polar surface area (TPSA) is 125 Å². The van der Waals surface area contributed by atoms with Gasteiger partial charge in [-0.2, -0.15) is 0 Å². The van der Waals surface area contributed by atoms with Crippen molar-refractivity contribution in [2.75, 3.05) is 52.8 Å². The predicted molar refractivity (Wildman–Crippen MR) is 103 cm³/mol. The number of alkyl carbamates (subject to hydrolysis) is 1. The van der Waals surface area contributed by atoms with Gasteiger partial charge >= 0.3 is 12.1 Å². The van der Waals surface area contributed by atoms with Crippen molar-refractivity contribution in [1.29, 1.82) is 0 Å². The van der Waals surface area contributed by atoms with Gasteiger partial charge in [-0.25, -0.2) is 14.6 Å². The second kappa shape index (κ2) is 13.7. The van der Waals surface area contributed by atoms with Crippen LogP contribution in [-0.4, -0.2) is 80.5 Å². The third-order valence-electron chi connectivity index (χ3n) is 3.11. The molecule has 0 aliphatic rings. The van der Waals surface area contributed by atoms with Gasteiger partial charge in [0.2, 0.25) is 0 Å². The highest BCUT2D eigenvalue weighted by Gasteiger charge is 2.15. The summed E-state index contributed by atoms with van der Waals surface area (Å²) in [4.78, 5) is 25.8. The van der Waals surface area contributed by atoms with Gasteiger partial charge in [0, 0.05) is 6.54 Å². The van der Waals surface area contributed by atoms with E-state index >= 15 is 0 Å². The lowest BCUT2D eigenvalue weighted by molar-refractivity contribution is 0.00902. The molecule has 0 aliphatic heterocycles. The van der Waals surface area contributed by atoms with Crippen molar-refractivity contribution in [1.82, 2.24) is 10.3 Å². The van der Waals surface area contributed by atoms with Crippen molar-refractivity contribution in [2.24, 2.45) is 0 Å². The summed E-state index contributed by atoms with van der Waals surface area (Å²) in [5, 5.41) is 11.4. The number of hydrogen-bond donors (Lipinski definition) is 2. The molecule has 0 saturated heterocycles. The molecule has 0 aromatic carbocycles. The van der Waals surface area contributed by atoms with E-state index in [1.807, 2.05) is 0 Å². The SMILES string of the molecule is CC(C)(C)OC(=O)NCCOCCOCCOCCOc1ccc(C(=O)O)nc1. The monoisotopic (exact) mass is 414 g/mol. The fourth-order valence-electron chi connectivity index (χ4n) is 1.89. The molecule has 0 aliphatic carbocycles. The highest BCUT2D eigenvalue weighted by molar-refractivity contribution is 5.85. The molecule has 164 valence electrons. The first-order valence-electron chi connectivity index (χ1n) is 9.30. The van der Waals surface area contributed by atoms with Crippen molar-refractivity contribution in [3.63, 3.8) is 0 Å². The fraction of sp³-hybridized carbons (Fsp3) is 0.632. The van der Waals surface area contributed by atoms with Crippen LogP contribution in [0.15, 0.2) is 18.3 Å². The Balaban J connectivity index is 1.86. The molecule has 1 amide bonds. The first-order valence-corrected chi connectivity index (χ1v) is 9.30. The van der Waals surface area contributed by atoms with Gasteiger partial charge < -0.3 is 34.1 Å². The summed E-state index contributed by atoms with van der Waals surface area (Å²) in [5.41, 5.74) is -0.549. The van der Waals surface area contributed by atoms with Crippen LogP contribution in [0.2, 0.25) is 0 Å². The van der Waals surface area contributed by atoms with Gasteiger partial charge in [0.05, 0.1) is 45.8 Å². The minimum atomic E-state index is -1.08. The van der Waals surface area contributed by atoms with E-state index < -0.39 is 17.7 Å². The van der Waals surface area contributed by atoms with Crippen molar-refractivity contribution < 1.29 is 38.4 Å². The van der Waals surface area contributed by atoms with Crippen LogP contribution in [0.5, 0.6) is 5.75 Å². The zero-order chi connectivity index (χ0) is 21.5. The van der Waals surface area contributed by atoms with Gasteiger partial charge in [0.15, 0.2) is 0 Å². The molecule has 0 spiro atoms. The van der Waals surface area contributed by atoms with Crippen molar-refractivity contribution >= 4 is 12.1 Å². The van der Waals surface area contributed by atoms with Gasteiger partial charge in [-0.3, -0.25) is 0 Å². The number of ether oxygens (including phenoxy) is 5. The number of carbonyl (C=O) groups excluding carboxylic acids is 1. The number of nitrogens with zero attached hydrogens (tertiary/aromatic N) is 1. The molecule has 29 heavy (non-hydrogen) atoms. The molecule has 0 saturated carbocycles. The molecule has 2 N–H and O–H groups in total. The third-order valence-corrected chi connectivity index (χ3v) is 3.11. The number of aromatic nitrogens is 1. The van der Waals surface area contributed by atoms with Crippen LogP contribution in [0, 0.1) is 0 Å². The number of rotatable bonds is 14. The van der Waals surface area contributed by atoms with Crippen LogP contribution in [0.25, 0.3) is 0 Å². The molecule has 1 rings (SSSR count). The van der Waals surface area contributed by atoms with Crippen LogP contribution in [0.3, 0.4) is 0 Å². The number of amides is 1. The number of pyridine rings is 1. The predicted octanol–water partition coefficient (Wildman–Crippen LogP) is 1.73. The lowest BCUT2D eigenvalue weighted by Gasteiger charge is -2.19. The molecule has 0 bridgehead atoms. The number of hydrogen-bond acceptors (Lipinski definition) is 8. The largest absolute Gasteiger partial charge is 0.490 e. The normalized spacial score (nSPS) is 11.1. The first-order chi connectivity index (χ1) is 13.8. The Morgan fingerprint density at radius 2 is 1.55 bits per heavy atom. The number of aromatic carboxylic acids is 1. The lowest BCUT2D eigenvalue weighted by Crippen LogP contribution is -2.34. The molecule has 0 radical (unpaired) electrons. The van der Waals surface area contributed by atoms with E-state index in [0.29, 0.717) is 58.5 Å². The van der Waals surface area contributed by atoms with E-state index in [2.05, 4.69) is 10.3 Å². The summed E-state index contributed by atoms with van der Waals surface area (Å²) in [7, 11) is 0. The Morgan fingerprint density at radius 1 is 0.966 bits per heavy atom. The summed E-state index contributed by atoms with van der Waals surface area (Å²) >= 11 is 0. The summed E-state index contributed by atoms with van der Waals surface area (Å²) in [5.74, 6) is -0.601. The summed E-state index contributed by atoms with van der Waals surface area (Å²) in [6.45, 7) is 8.52. The smallest absolute Gasteiger partial charge is 0.407 e. The van der Waals surface area contributed by atoms with Crippen LogP contribution in [-0.2, 0) is 18.9 Å². The van der Waals surface area contributed by atoms with Crippen LogP contribution in [0.4, 0.5) is 4.79 Å². The van der Waals surface area contributed by atoms with E-state index in [1.165, 1.54) is 12.3 Å². The van der Waals surface area contributed by atoms with Gasteiger partial charge in [-0.05, 0) is 32.9 Å². The number of carboxylic acids is 1.